The Labute approximate surface area is 181 Å². The minimum absolute atomic E-state index is 0.0725. The molecule has 0 saturated carbocycles. The summed E-state index contributed by atoms with van der Waals surface area (Å²) >= 11 is 1.26. The molecule has 2 heterocycles. The van der Waals surface area contributed by atoms with Crippen LogP contribution in [0.5, 0.6) is 0 Å². The summed E-state index contributed by atoms with van der Waals surface area (Å²) in [5.41, 5.74) is 0.402. The Morgan fingerprint density at radius 3 is 2.68 bits per heavy atom. The molecule has 164 valence electrons. The van der Waals surface area contributed by atoms with Gasteiger partial charge in [-0.2, -0.15) is 13.2 Å². The van der Waals surface area contributed by atoms with Gasteiger partial charge in [0.15, 0.2) is 0 Å². The standard InChI is InChI=1S/C21H20F3N3O3S/c22-21(23,24)13-5-6-16(27-7-9-30-10-8-27)15(11-13)25-19(28)12-18-20(29)26-14-3-1-2-4-17(14)31-18/h1-6,11,18H,7-10,12H2,(H,25,28)(H,26,29)/t18-/m0/s1. The third kappa shape index (κ3) is 4.96. The number of rotatable bonds is 4. The molecule has 2 aromatic carbocycles. The normalized spacial score (nSPS) is 18.9. The largest absolute Gasteiger partial charge is 0.416 e. The van der Waals surface area contributed by atoms with Crippen molar-refractivity contribution < 1.29 is 27.5 Å². The first-order valence-electron chi connectivity index (χ1n) is 9.71. The second-order valence-corrected chi connectivity index (χ2v) is 8.42. The number of ether oxygens (including phenoxy) is 1. The molecule has 2 aliphatic rings. The van der Waals surface area contributed by atoms with Gasteiger partial charge < -0.3 is 20.3 Å². The molecule has 0 radical (unpaired) electrons. The number of alkyl halides is 3. The van der Waals surface area contributed by atoms with Crippen molar-refractivity contribution in [3.63, 3.8) is 0 Å². The predicted molar refractivity (Wildman–Crippen MR) is 112 cm³/mol. The van der Waals surface area contributed by atoms with E-state index in [1.54, 1.807) is 12.1 Å². The van der Waals surface area contributed by atoms with Crippen LogP contribution >= 0.6 is 11.8 Å². The van der Waals surface area contributed by atoms with Gasteiger partial charge in [0, 0.05) is 24.4 Å². The van der Waals surface area contributed by atoms with E-state index in [0.29, 0.717) is 37.7 Å². The Hall–Kier alpha value is -2.72. The summed E-state index contributed by atoms with van der Waals surface area (Å²) in [6.45, 7) is 1.91. The number of hydrogen-bond acceptors (Lipinski definition) is 5. The van der Waals surface area contributed by atoms with Crippen LogP contribution in [-0.4, -0.2) is 43.4 Å². The van der Waals surface area contributed by atoms with Crippen LogP contribution in [0.15, 0.2) is 47.4 Å². The molecule has 2 aromatic rings. The average Bonchev–Trinajstić information content (AvgIpc) is 2.74. The lowest BCUT2D eigenvalue weighted by Gasteiger charge is -2.31. The lowest BCUT2D eigenvalue weighted by molar-refractivity contribution is -0.137. The van der Waals surface area contributed by atoms with E-state index in [0.717, 1.165) is 17.0 Å². The summed E-state index contributed by atoms with van der Waals surface area (Å²) in [7, 11) is 0. The molecule has 2 amide bonds. The highest BCUT2D eigenvalue weighted by molar-refractivity contribution is 8.01. The summed E-state index contributed by atoms with van der Waals surface area (Å²) in [5, 5.41) is 4.68. The molecule has 31 heavy (non-hydrogen) atoms. The molecule has 2 aliphatic heterocycles. The fourth-order valence-corrected chi connectivity index (χ4v) is 4.60. The average molecular weight is 451 g/mol. The number of hydrogen-bond donors (Lipinski definition) is 2. The van der Waals surface area contributed by atoms with Crippen molar-refractivity contribution in [2.75, 3.05) is 41.8 Å². The summed E-state index contributed by atoms with van der Waals surface area (Å²) in [4.78, 5) is 27.8. The van der Waals surface area contributed by atoms with Gasteiger partial charge in [-0.1, -0.05) is 12.1 Å². The molecule has 1 fully saturated rings. The highest BCUT2D eigenvalue weighted by atomic mass is 32.2. The Bertz CT molecular complexity index is 993. The number of carbonyl (C=O) groups is 2. The number of benzene rings is 2. The number of para-hydroxylation sites is 1. The Balaban J connectivity index is 1.53. The third-order valence-corrected chi connectivity index (χ3v) is 6.30. The maximum absolute atomic E-state index is 13.2. The fraction of sp³-hybridized carbons (Fsp3) is 0.333. The van der Waals surface area contributed by atoms with Crippen molar-refractivity contribution >= 4 is 40.6 Å². The number of morpholine rings is 1. The number of carbonyl (C=O) groups excluding carboxylic acids is 2. The molecule has 0 spiro atoms. The topological polar surface area (TPSA) is 70.7 Å². The lowest BCUT2D eigenvalue weighted by Crippen LogP contribution is -2.37. The Morgan fingerprint density at radius 2 is 1.94 bits per heavy atom. The number of nitrogens with zero attached hydrogens (tertiary/aromatic N) is 1. The van der Waals surface area contributed by atoms with E-state index in [-0.39, 0.29) is 18.0 Å². The SMILES string of the molecule is O=C(C[C@@H]1Sc2ccccc2NC1=O)Nc1cc(C(F)(F)F)ccc1N1CCOCC1. The molecule has 6 nitrogen and oxygen atoms in total. The number of halogens is 3. The van der Waals surface area contributed by atoms with Crippen LogP contribution in [-0.2, 0) is 20.5 Å². The zero-order chi connectivity index (χ0) is 22.0. The monoisotopic (exact) mass is 451 g/mol. The van der Waals surface area contributed by atoms with E-state index in [9.17, 15) is 22.8 Å². The first-order chi connectivity index (χ1) is 14.8. The maximum atomic E-state index is 13.2. The van der Waals surface area contributed by atoms with Crippen LogP contribution in [0, 0.1) is 0 Å². The van der Waals surface area contributed by atoms with Gasteiger partial charge in [0.2, 0.25) is 11.8 Å². The van der Waals surface area contributed by atoms with Gasteiger partial charge in [0.1, 0.15) is 0 Å². The van der Waals surface area contributed by atoms with Gasteiger partial charge in [0.25, 0.3) is 0 Å². The molecular formula is C21H20F3N3O3S. The van der Waals surface area contributed by atoms with Crippen LogP contribution in [0.3, 0.4) is 0 Å². The first kappa shape index (κ1) is 21.5. The van der Waals surface area contributed by atoms with Gasteiger partial charge in [0.05, 0.1) is 41.1 Å². The summed E-state index contributed by atoms with van der Waals surface area (Å²) in [6, 6.07) is 10.5. The number of amides is 2. The minimum Gasteiger partial charge on any atom is -0.378 e. The molecule has 1 atom stereocenters. The van der Waals surface area contributed by atoms with E-state index in [2.05, 4.69) is 10.6 Å². The highest BCUT2D eigenvalue weighted by Crippen LogP contribution is 2.38. The highest BCUT2D eigenvalue weighted by Gasteiger charge is 2.33. The molecule has 2 N–H and O–H groups in total. The van der Waals surface area contributed by atoms with Crippen molar-refractivity contribution in [2.45, 2.75) is 22.7 Å². The van der Waals surface area contributed by atoms with Crippen LogP contribution in [0.1, 0.15) is 12.0 Å². The summed E-state index contributed by atoms with van der Waals surface area (Å²) in [6.07, 6.45) is -4.70. The Morgan fingerprint density at radius 1 is 1.19 bits per heavy atom. The number of thioether (sulfide) groups is 1. The van der Waals surface area contributed by atoms with Crippen molar-refractivity contribution in [3.05, 3.63) is 48.0 Å². The maximum Gasteiger partial charge on any atom is 0.416 e. The zero-order valence-electron chi connectivity index (χ0n) is 16.4. The smallest absolute Gasteiger partial charge is 0.378 e. The third-order valence-electron chi connectivity index (χ3n) is 5.03. The molecule has 1 saturated heterocycles. The van der Waals surface area contributed by atoms with E-state index in [1.807, 2.05) is 17.0 Å². The van der Waals surface area contributed by atoms with Gasteiger partial charge in [-0.05, 0) is 30.3 Å². The van der Waals surface area contributed by atoms with Crippen LogP contribution in [0.25, 0.3) is 0 Å². The number of anilines is 3. The van der Waals surface area contributed by atoms with Crippen molar-refractivity contribution in [3.8, 4) is 0 Å². The van der Waals surface area contributed by atoms with Crippen LogP contribution in [0.4, 0.5) is 30.2 Å². The van der Waals surface area contributed by atoms with E-state index in [1.165, 1.54) is 17.8 Å². The fourth-order valence-electron chi connectivity index (χ4n) is 3.49. The molecule has 10 heteroatoms. The van der Waals surface area contributed by atoms with E-state index >= 15 is 0 Å². The van der Waals surface area contributed by atoms with Gasteiger partial charge >= 0.3 is 6.18 Å². The molecule has 4 rings (SSSR count). The summed E-state index contributed by atoms with van der Waals surface area (Å²) in [5.74, 6) is -0.836. The summed E-state index contributed by atoms with van der Waals surface area (Å²) < 4.78 is 45.0. The quantitative estimate of drug-likeness (QED) is 0.736. The molecule has 0 aromatic heterocycles. The first-order valence-corrected chi connectivity index (χ1v) is 10.6. The van der Waals surface area contributed by atoms with E-state index < -0.39 is 22.9 Å². The molecular weight excluding hydrogens is 431 g/mol. The van der Waals surface area contributed by atoms with Crippen molar-refractivity contribution in [1.82, 2.24) is 0 Å². The number of fused-ring (bicyclic) bond motifs is 1. The second-order valence-electron chi connectivity index (χ2n) is 7.17. The number of nitrogens with one attached hydrogen (secondary N) is 2. The second kappa shape index (κ2) is 8.80. The Kier molecular flexibility index (Phi) is 6.10. The van der Waals surface area contributed by atoms with Gasteiger partial charge in [-0.3, -0.25) is 9.59 Å². The zero-order valence-corrected chi connectivity index (χ0v) is 17.2. The minimum atomic E-state index is -4.54. The predicted octanol–water partition coefficient (Wildman–Crippen LogP) is 3.98. The van der Waals surface area contributed by atoms with E-state index in [4.69, 9.17) is 4.74 Å². The lowest BCUT2D eigenvalue weighted by atomic mass is 10.1. The van der Waals surface area contributed by atoms with Crippen LogP contribution in [0.2, 0.25) is 0 Å². The molecule has 0 bridgehead atoms. The molecule has 0 aliphatic carbocycles. The van der Waals surface area contributed by atoms with Gasteiger partial charge in [-0.15, -0.1) is 11.8 Å². The van der Waals surface area contributed by atoms with Crippen molar-refractivity contribution in [2.24, 2.45) is 0 Å². The van der Waals surface area contributed by atoms with Crippen molar-refractivity contribution in [1.29, 1.82) is 0 Å². The molecule has 0 unspecified atom stereocenters. The van der Waals surface area contributed by atoms with Gasteiger partial charge in [-0.25, -0.2) is 0 Å². The van der Waals surface area contributed by atoms with Crippen LogP contribution < -0.4 is 15.5 Å².